The molecule has 4 heterocycles. The van der Waals surface area contributed by atoms with Crippen molar-refractivity contribution < 1.29 is 9.59 Å². The van der Waals surface area contributed by atoms with Gasteiger partial charge in [0, 0.05) is 38.3 Å². The molecule has 6 heteroatoms. The second kappa shape index (κ2) is 7.82. The van der Waals surface area contributed by atoms with Gasteiger partial charge in [-0.25, -0.2) is 0 Å². The lowest BCUT2D eigenvalue weighted by Gasteiger charge is -2.38. The van der Waals surface area contributed by atoms with Crippen LogP contribution in [0.2, 0.25) is 0 Å². The summed E-state index contributed by atoms with van der Waals surface area (Å²) in [6, 6.07) is 7.96. The van der Waals surface area contributed by atoms with Gasteiger partial charge in [-0.1, -0.05) is 31.4 Å². The van der Waals surface area contributed by atoms with Crippen molar-refractivity contribution in [2.45, 2.75) is 71.1 Å². The monoisotopic (exact) mass is 404 g/mol. The van der Waals surface area contributed by atoms with Crippen molar-refractivity contribution in [3.8, 4) is 0 Å². The number of hydrogen-bond donors (Lipinski definition) is 0. The summed E-state index contributed by atoms with van der Waals surface area (Å²) in [4.78, 5) is 39.1. The van der Waals surface area contributed by atoms with E-state index in [9.17, 15) is 9.59 Å². The van der Waals surface area contributed by atoms with Gasteiger partial charge in [-0.05, 0) is 41.5 Å². The summed E-state index contributed by atoms with van der Waals surface area (Å²) in [5.74, 6) is 0.322. The highest BCUT2D eigenvalue weighted by molar-refractivity contribution is 5.81. The number of amides is 2. The molecular formula is C24H28N4O2. The molecule has 0 unspecified atom stereocenters. The van der Waals surface area contributed by atoms with E-state index in [4.69, 9.17) is 0 Å². The third-order valence-corrected chi connectivity index (χ3v) is 7.04. The summed E-state index contributed by atoms with van der Waals surface area (Å²) in [7, 11) is 0. The van der Waals surface area contributed by atoms with Gasteiger partial charge in [0.25, 0.3) is 0 Å². The second-order valence-electron chi connectivity index (χ2n) is 9.13. The Labute approximate surface area is 177 Å². The van der Waals surface area contributed by atoms with Crippen LogP contribution in [-0.4, -0.2) is 31.6 Å². The van der Waals surface area contributed by atoms with Crippen LogP contribution in [0.4, 0.5) is 0 Å². The molecule has 1 saturated carbocycles. The number of fused-ring (bicyclic) bond motifs is 2. The standard InChI is InChI=1S/C24H28N4O2/c29-22(27-14-18-6-4-10-25-20(18)16-27)12-24(8-2-1-3-9-24)13-23(30)28-15-19-7-5-11-26-21(19)17-28/h4-7,10-11H,1-3,8-9,12-17H2. The molecule has 0 saturated heterocycles. The minimum Gasteiger partial charge on any atom is -0.332 e. The molecule has 0 bridgehead atoms. The maximum absolute atomic E-state index is 13.2. The van der Waals surface area contributed by atoms with Crippen LogP contribution in [-0.2, 0) is 35.8 Å². The van der Waals surface area contributed by atoms with E-state index in [2.05, 4.69) is 22.1 Å². The molecule has 0 aromatic carbocycles. The van der Waals surface area contributed by atoms with E-state index in [0.717, 1.165) is 48.2 Å². The van der Waals surface area contributed by atoms with Crippen molar-refractivity contribution in [2.75, 3.05) is 0 Å². The number of carbonyl (C=O) groups is 2. The first-order valence-corrected chi connectivity index (χ1v) is 11.0. The molecule has 1 aliphatic carbocycles. The highest BCUT2D eigenvalue weighted by Gasteiger charge is 2.40. The van der Waals surface area contributed by atoms with Crippen molar-refractivity contribution in [3.05, 3.63) is 59.2 Å². The molecule has 0 spiro atoms. The average Bonchev–Trinajstić information content (AvgIpc) is 3.38. The van der Waals surface area contributed by atoms with Crippen LogP contribution >= 0.6 is 0 Å². The number of hydrogen-bond acceptors (Lipinski definition) is 4. The minimum atomic E-state index is -0.211. The first-order chi connectivity index (χ1) is 14.6. The fraction of sp³-hybridized carbons (Fsp3) is 0.500. The third kappa shape index (κ3) is 3.71. The summed E-state index contributed by atoms with van der Waals surface area (Å²) in [6.45, 7) is 2.45. The Morgan fingerprint density at radius 3 is 1.73 bits per heavy atom. The van der Waals surface area contributed by atoms with Crippen molar-refractivity contribution >= 4 is 11.8 Å². The highest BCUT2D eigenvalue weighted by atomic mass is 16.2. The van der Waals surface area contributed by atoms with Crippen LogP contribution in [0, 0.1) is 5.41 Å². The number of rotatable bonds is 4. The normalized spacial score (nSPS) is 19.5. The lowest BCUT2D eigenvalue weighted by molar-refractivity contribution is -0.139. The molecule has 5 rings (SSSR count). The topological polar surface area (TPSA) is 66.4 Å². The van der Waals surface area contributed by atoms with E-state index in [-0.39, 0.29) is 17.2 Å². The molecule has 3 aliphatic rings. The Balaban J connectivity index is 1.27. The molecule has 30 heavy (non-hydrogen) atoms. The molecule has 0 radical (unpaired) electrons. The van der Waals surface area contributed by atoms with Crippen LogP contribution in [0.3, 0.4) is 0 Å². The lowest BCUT2D eigenvalue weighted by atomic mass is 9.69. The lowest BCUT2D eigenvalue weighted by Crippen LogP contribution is -2.38. The van der Waals surface area contributed by atoms with Gasteiger partial charge in [-0.2, -0.15) is 0 Å². The first kappa shape index (κ1) is 19.2. The fourth-order valence-corrected chi connectivity index (χ4v) is 5.34. The van der Waals surface area contributed by atoms with Crippen LogP contribution in [0.5, 0.6) is 0 Å². The number of aromatic nitrogens is 2. The van der Waals surface area contributed by atoms with Crippen LogP contribution in [0.25, 0.3) is 0 Å². The molecule has 2 aromatic rings. The summed E-state index contributed by atoms with van der Waals surface area (Å²) in [5.41, 5.74) is 4.07. The van der Waals surface area contributed by atoms with Gasteiger partial charge in [0.05, 0.1) is 24.5 Å². The van der Waals surface area contributed by atoms with Gasteiger partial charge >= 0.3 is 0 Å². The van der Waals surface area contributed by atoms with E-state index in [1.165, 1.54) is 6.42 Å². The van der Waals surface area contributed by atoms with Crippen molar-refractivity contribution in [3.63, 3.8) is 0 Å². The third-order valence-electron chi connectivity index (χ3n) is 7.04. The molecule has 6 nitrogen and oxygen atoms in total. The minimum absolute atomic E-state index is 0.161. The van der Waals surface area contributed by atoms with Crippen molar-refractivity contribution in [1.82, 2.24) is 19.8 Å². The summed E-state index contributed by atoms with van der Waals surface area (Å²) in [5, 5.41) is 0. The maximum Gasteiger partial charge on any atom is 0.223 e. The maximum atomic E-state index is 13.2. The van der Waals surface area contributed by atoms with E-state index >= 15 is 0 Å². The Hall–Kier alpha value is -2.76. The van der Waals surface area contributed by atoms with Gasteiger partial charge < -0.3 is 9.80 Å². The fourth-order valence-electron chi connectivity index (χ4n) is 5.34. The smallest absolute Gasteiger partial charge is 0.223 e. The zero-order valence-electron chi connectivity index (χ0n) is 17.3. The van der Waals surface area contributed by atoms with Gasteiger partial charge in [-0.3, -0.25) is 19.6 Å². The largest absolute Gasteiger partial charge is 0.332 e. The van der Waals surface area contributed by atoms with Gasteiger partial charge in [0.1, 0.15) is 0 Å². The molecule has 1 fully saturated rings. The van der Waals surface area contributed by atoms with Gasteiger partial charge in [0.2, 0.25) is 11.8 Å². The number of carbonyl (C=O) groups excluding carboxylic acids is 2. The Morgan fingerprint density at radius 1 is 0.767 bits per heavy atom. The zero-order valence-corrected chi connectivity index (χ0v) is 17.3. The van der Waals surface area contributed by atoms with Gasteiger partial charge in [-0.15, -0.1) is 0 Å². The summed E-state index contributed by atoms with van der Waals surface area (Å²) >= 11 is 0. The summed E-state index contributed by atoms with van der Waals surface area (Å²) in [6.07, 6.45) is 9.83. The number of nitrogens with zero attached hydrogens (tertiary/aromatic N) is 4. The Kier molecular flexibility index (Phi) is 5.01. The zero-order chi connectivity index (χ0) is 20.6. The van der Waals surface area contributed by atoms with Gasteiger partial charge in [0.15, 0.2) is 0 Å². The Morgan fingerprint density at radius 2 is 1.27 bits per heavy atom. The number of pyridine rings is 2. The molecule has 2 aliphatic heterocycles. The molecule has 0 N–H and O–H groups in total. The second-order valence-corrected chi connectivity index (χ2v) is 9.13. The molecule has 2 aromatic heterocycles. The summed E-state index contributed by atoms with van der Waals surface area (Å²) < 4.78 is 0. The van der Waals surface area contributed by atoms with E-state index in [0.29, 0.717) is 39.0 Å². The molecule has 2 amide bonds. The molecular weight excluding hydrogens is 376 g/mol. The van der Waals surface area contributed by atoms with Crippen molar-refractivity contribution in [1.29, 1.82) is 0 Å². The van der Waals surface area contributed by atoms with E-state index in [1.807, 2.05) is 21.9 Å². The highest BCUT2D eigenvalue weighted by Crippen LogP contribution is 2.44. The van der Waals surface area contributed by atoms with Crippen LogP contribution < -0.4 is 0 Å². The molecule has 156 valence electrons. The van der Waals surface area contributed by atoms with Crippen molar-refractivity contribution in [2.24, 2.45) is 5.41 Å². The quantitative estimate of drug-likeness (QED) is 0.781. The predicted molar refractivity (Wildman–Crippen MR) is 112 cm³/mol. The SMILES string of the molecule is O=C(CC1(CC(=O)N2Cc3cccnc3C2)CCCCC1)N1Cc2cccnc2C1. The first-order valence-electron chi connectivity index (χ1n) is 11.0. The Bertz CT molecular complexity index is 846. The van der Waals surface area contributed by atoms with E-state index < -0.39 is 0 Å². The predicted octanol–water partition coefficient (Wildman–Crippen LogP) is 3.59. The average molecular weight is 405 g/mol. The van der Waals surface area contributed by atoms with E-state index in [1.54, 1.807) is 12.4 Å². The van der Waals surface area contributed by atoms with Crippen LogP contribution in [0.15, 0.2) is 36.7 Å². The van der Waals surface area contributed by atoms with Crippen LogP contribution in [0.1, 0.15) is 67.5 Å². The molecule has 0 atom stereocenters.